The van der Waals surface area contributed by atoms with Gasteiger partial charge in [0.15, 0.2) is 0 Å². The second-order valence-electron chi connectivity index (χ2n) is 8.42. The summed E-state index contributed by atoms with van der Waals surface area (Å²) in [6.45, 7) is 2.07. The van der Waals surface area contributed by atoms with Gasteiger partial charge in [-0.25, -0.2) is 15.0 Å². The minimum Gasteiger partial charge on any atom is -0.348 e. The van der Waals surface area contributed by atoms with E-state index >= 15 is 0 Å². The quantitative estimate of drug-likeness (QED) is 0.309. The molecule has 0 fully saturated rings. The molecule has 36 heavy (non-hydrogen) atoms. The van der Waals surface area contributed by atoms with Gasteiger partial charge in [0.2, 0.25) is 5.95 Å². The molecule has 6 rings (SSSR count). The summed E-state index contributed by atoms with van der Waals surface area (Å²) in [5.74, 6) is 1.01. The first-order valence-electron chi connectivity index (χ1n) is 11.5. The summed E-state index contributed by atoms with van der Waals surface area (Å²) in [7, 11) is 0. The topological polar surface area (TPSA) is 113 Å². The number of fused-ring (bicyclic) bond motifs is 2. The zero-order valence-corrected chi connectivity index (χ0v) is 19.4. The van der Waals surface area contributed by atoms with Crippen molar-refractivity contribution in [2.75, 3.05) is 10.6 Å². The molecule has 176 valence electrons. The zero-order valence-electron chi connectivity index (χ0n) is 19.4. The van der Waals surface area contributed by atoms with E-state index in [0.29, 0.717) is 23.0 Å². The zero-order chi connectivity index (χ0) is 24.5. The number of hydrogen-bond donors (Lipinski definition) is 3. The van der Waals surface area contributed by atoms with Crippen LogP contribution >= 0.6 is 0 Å². The summed E-state index contributed by atoms with van der Waals surface area (Å²) in [6.07, 6.45) is 5.05. The lowest BCUT2D eigenvalue weighted by molar-refractivity contribution is 0.102. The Balaban J connectivity index is 1.22. The number of rotatable bonds is 6. The third kappa shape index (κ3) is 4.14. The molecule has 0 saturated carbocycles. The Kier molecular flexibility index (Phi) is 5.34. The standard InChI is InChI=1S/C27H22N8O/c1-17(18-5-3-2-4-6-18)32-27-28-12-11-25(34-27)35-16-31-23-14-20(8-10-24(23)35)33-26(36)19-7-9-21-22(13-19)30-15-29-21/h2-17H,1H3,(H,29,30)(H,33,36)(H,28,32,34)/t17-/m0/s1. The molecule has 3 N–H and O–H groups in total. The number of carbonyl (C=O) groups is 1. The van der Waals surface area contributed by atoms with Crippen molar-refractivity contribution in [2.24, 2.45) is 0 Å². The molecule has 1 atom stereocenters. The molecule has 9 nitrogen and oxygen atoms in total. The Bertz CT molecular complexity index is 1690. The molecule has 0 aliphatic heterocycles. The molecular formula is C27H22N8O. The SMILES string of the molecule is C[C@H](Nc1nccc(-n2cnc3cc(NC(=O)c4ccc5[nH]cnc5c4)ccc32)n1)c1ccccc1. The van der Waals surface area contributed by atoms with Crippen LogP contribution in [-0.2, 0) is 0 Å². The first kappa shape index (κ1) is 21.5. The minimum atomic E-state index is -0.210. The van der Waals surface area contributed by atoms with Gasteiger partial charge in [-0.1, -0.05) is 30.3 Å². The number of aromatic nitrogens is 6. The van der Waals surface area contributed by atoms with Crippen molar-refractivity contribution >= 4 is 39.6 Å². The van der Waals surface area contributed by atoms with E-state index < -0.39 is 0 Å². The van der Waals surface area contributed by atoms with Crippen molar-refractivity contribution in [3.05, 3.63) is 103 Å². The lowest BCUT2D eigenvalue weighted by Gasteiger charge is -2.14. The largest absolute Gasteiger partial charge is 0.348 e. The summed E-state index contributed by atoms with van der Waals surface area (Å²) in [6, 6.07) is 23.0. The van der Waals surface area contributed by atoms with Crippen molar-refractivity contribution in [1.82, 2.24) is 29.5 Å². The van der Waals surface area contributed by atoms with Gasteiger partial charge >= 0.3 is 0 Å². The molecule has 0 bridgehead atoms. The van der Waals surface area contributed by atoms with Gasteiger partial charge in [0.1, 0.15) is 12.1 Å². The van der Waals surface area contributed by atoms with Crippen molar-refractivity contribution < 1.29 is 4.79 Å². The van der Waals surface area contributed by atoms with E-state index in [9.17, 15) is 4.79 Å². The monoisotopic (exact) mass is 474 g/mol. The number of H-pyrrole nitrogens is 1. The fourth-order valence-electron chi connectivity index (χ4n) is 4.12. The van der Waals surface area contributed by atoms with E-state index in [2.05, 4.69) is 54.6 Å². The highest BCUT2D eigenvalue weighted by molar-refractivity contribution is 6.06. The predicted octanol–water partition coefficient (Wildman–Crippen LogP) is 5.12. The molecule has 3 aromatic carbocycles. The highest BCUT2D eigenvalue weighted by Gasteiger charge is 2.12. The van der Waals surface area contributed by atoms with Crippen LogP contribution in [0.3, 0.4) is 0 Å². The maximum absolute atomic E-state index is 12.8. The summed E-state index contributed by atoms with van der Waals surface area (Å²) in [4.78, 5) is 33.6. The molecule has 0 spiro atoms. The molecular weight excluding hydrogens is 452 g/mol. The molecule has 0 aliphatic rings. The van der Waals surface area contributed by atoms with Crippen LogP contribution in [0, 0.1) is 0 Å². The number of carbonyl (C=O) groups excluding carboxylic acids is 1. The Morgan fingerprint density at radius 3 is 2.72 bits per heavy atom. The maximum Gasteiger partial charge on any atom is 0.255 e. The van der Waals surface area contributed by atoms with Crippen LogP contribution in [-0.4, -0.2) is 35.4 Å². The van der Waals surface area contributed by atoms with Crippen LogP contribution in [0.25, 0.3) is 27.9 Å². The van der Waals surface area contributed by atoms with Crippen LogP contribution in [0.2, 0.25) is 0 Å². The van der Waals surface area contributed by atoms with Crippen LogP contribution in [0.15, 0.2) is 91.6 Å². The third-order valence-corrected chi connectivity index (χ3v) is 6.02. The molecule has 9 heteroatoms. The van der Waals surface area contributed by atoms with Gasteiger partial charge < -0.3 is 15.6 Å². The minimum absolute atomic E-state index is 0.0564. The van der Waals surface area contributed by atoms with E-state index in [1.807, 2.05) is 53.1 Å². The van der Waals surface area contributed by atoms with Gasteiger partial charge in [0.25, 0.3) is 5.91 Å². The Labute approximate surface area is 206 Å². The predicted molar refractivity (Wildman–Crippen MR) is 139 cm³/mol. The Hall–Kier alpha value is -5.05. The van der Waals surface area contributed by atoms with Gasteiger partial charge in [-0.3, -0.25) is 9.36 Å². The van der Waals surface area contributed by atoms with E-state index in [4.69, 9.17) is 0 Å². The second kappa shape index (κ2) is 8.95. The van der Waals surface area contributed by atoms with E-state index in [0.717, 1.165) is 27.6 Å². The number of nitrogens with one attached hydrogen (secondary N) is 3. The number of imidazole rings is 2. The number of aromatic amines is 1. The van der Waals surface area contributed by atoms with Crippen molar-refractivity contribution in [3.8, 4) is 5.82 Å². The average Bonchev–Trinajstić information content (AvgIpc) is 3.55. The smallest absolute Gasteiger partial charge is 0.255 e. The van der Waals surface area contributed by atoms with Crippen LogP contribution < -0.4 is 10.6 Å². The maximum atomic E-state index is 12.8. The lowest BCUT2D eigenvalue weighted by Crippen LogP contribution is -2.11. The van der Waals surface area contributed by atoms with Crippen LogP contribution in [0.5, 0.6) is 0 Å². The highest BCUT2D eigenvalue weighted by Crippen LogP contribution is 2.23. The van der Waals surface area contributed by atoms with Crippen LogP contribution in [0.1, 0.15) is 28.9 Å². The summed E-state index contributed by atoms with van der Waals surface area (Å²) < 4.78 is 1.90. The summed E-state index contributed by atoms with van der Waals surface area (Å²) in [5.41, 5.74) is 5.57. The van der Waals surface area contributed by atoms with Gasteiger partial charge in [-0.2, -0.15) is 4.98 Å². The highest BCUT2D eigenvalue weighted by atomic mass is 16.1. The molecule has 0 unspecified atom stereocenters. The van der Waals surface area contributed by atoms with Crippen molar-refractivity contribution in [3.63, 3.8) is 0 Å². The van der Waals surface area contributed by atoms with Crippen molar-refractivity contribution in [1.29, 1.82) is 0 Å². The second-order valence-corrected chi connectivity index (χ2v) is 8.42. The van der Waals surface area contributed by atoms with Gasteiger partial charge in [-0.15, -0.1) is 0 Å². The first-order valence-corrected chi connectivity index (χ1v) is 11.5. The fraction of sp³-hybridized carbons (Fsp3) is 0.0741. The Morgan fingerprint density at radius 1 is 0.944 bits per heavy atom. The molecule has 3 aromatic heterocycles. The van der Waals surface area contributed by atoms with E-state index in [-0.39, 0.29) is 11.9 Å². The number of benzene rings is 3. The third-order valence-electron chi connectivity index (χ3n) is 6.02. The Morgan fingerprint density at radius 2 is 1.83 bits per heavy atom. The molecule has 0 radical (unpaired) electrons. The number of anilines is 2. The summed E-state index contributed by atoms with van der Waals surface area (Å²) >= 11 is 0. The van der Waals surface area contributed by atoms with Crippen molar-refractivity contribution in [2.45, 2.75) is 13.0 Å². The number of amides is 1. The van der Waals surface area contributed by atoms with E-state index in [1.165, 1.54) is 0 Å². The number of hydrogen-bond acceptors (Lipinski definition) is 6. The lowest BCUT2D eigenvalue weighted by atomic mass is 10.1. The molecule has 3 heterocycles. The fourth-order valence-corrected chi connectivity index (χ4v) is 4.12. The van der Waals surface area contributed by atoms with Gasteiger partial charge in [0.05, 0.1) is 34.4 Å². The van der Waals surface area contributed by atoms with Crippen LogP contribution in [0.4, 0.5) is 11.6 Å². The van der Waals surface area contributed by atoms with Gasteiger partial charge in [0, 0.05) is 17.4 Å². The molecule has 0 aliphatic carbocycles. The van der Waals surface area contributed by atoms with Gasteiger partial charge in [-0.05, 0) is 55.0 Å². The first-order chi connectivity index (χ1) is 17.6. The molecule has 1 amide bonds. The molecule has 0 saturated heterocycles. The van der Waals surface area contributed by atoms with E-state index in [1.54, 1.807) is 31.0 Å². The number of nitrogens with zero attached hydrogens (tertiary/aromatic N) is 5. The average molecular weight is 475 g/mol. The molecule has 6 aromatic rings. The summed E-state index contributed by atoms with van der Waals surface area (Å²) in [5, 5.41) is 6.30. The normalized spacial score (nSPS) is 12.0.